The van der Waals surface area contributed by atoms with Crippen LogP contribution in [0.3, 0.4) is 0 Å². The maximum absolute atomic E-state index is 8.63. The third kappa shape index (κ3) is 1.24. The molecule has 0 fully saturated rings. The van der Waals surface area contributed by atoms with Gasteiger partial charge in [0.25, 0.3) is 0 Å². The fourth-order valence-electron chi connectivity index (χ4n) is 1.00. The summed E-state index contributed by atoms with van der Waals surface area (Å²) >= 11 is 0. The summed E-state index contributed by atoms with van der Waals surface area (Å²) in [6.07, 6.45) is 0. The van der Waals surface area contributed by atoms with Crippen molar-refractivity contribution in [1.29, 1.82) is 5.26 Å². The zero-order chi connectivity index (χ0) is 9.14. The lowest BCUT2D eigenvalue weighted by Gasteiger charge is -1.98. The summed E-state index contributed by atoms with van der Waals surface area (Å²) in [5.41, 5.74) is 6.56. The largest absolute Gasteiger partial charge is 0.394 e. The van der Waals surface area contributed by atoms with E-state index in [4.69, 9.17) is 16.1 Å². The van der Waals surface area contributed by atoms with Crippen molar-refractivity contribution in [2.75, 3.05) is 12.3 Å². The van der Waals surface area contributed by atoms with Crippen molar-refractivity contribution < 1.29 is 5.11 Å². The Morgan fingerprint density at radius 1 is 1.75 bits per heavy atom. The highest BCUT2D eigenvalue weighted by Gasteiger charge is 2.10. The molecule has 0 aliphatic carbocycles. The first-order valence-electron chi connectivity index (χ1n) is 3.54. The van der Waals surface area contributed by atoms with E-state index in [1.54, 1.807) is 6.92 Å². The van der Waals surface area contributed by atoms with Gasteiger partial charge in [-0.05, 0) is 6.92 Å². The normalized spacial score (nSPS) is 9.75. The number of nitriles is 1. The predicted molar refractivity (Wildman–Crippen MR) is 43.2 cm³/mol. The maximum Gasteiger partial charge on any atom is 0.140 e. The standard InChI is InChI=1S/C7H10N4O/c1-5-6(4-8)7(9)11(10-5)2-3-12/h12H,2-3,9H2,1H3. The lowest BCUT2D eigenvalue weighted by molar-refractivity contribution is 0.270. The van der Waals surface area contributed by atoms with E-state index >= 15 is 0 Å². The zero-order valence-corrected chi connectivity index (χ0v) is 6.78. The van der Waals surface area contributed by atoms with Crippen LogP contribution in [0.1, 0.15) is 11.3 Å². The van der Waals surface area contributed by atoms with Crippen LogP contribution in [-0.4, -0.2) is 21.5 Å². The van der Waals surface area contributed by atoms with Gasteiger partial charge >= 0.3 is 0 Å². The van der Waals surface area contributed by atoms with E-state index in [1.807, 2.05) is 6.07 Å². The molecule has 0 aliphatic heterocycles. The van der Waals surface area contributed by atoms with Gasteiger partial charge in [0.1, 0.15) is 17.5 Å². The lowest BCUT2D eigenvalue weighted by Crippen LogP contribution is -2.07. The van der Waals surface area contributed by atoms with Crippen LogP contribution in [0.4, 0.5) is 5.82 Å². The average Bonchev–Trinajstić information content (AvgIpc) is 2.29. The van der Waals surface area contributed by atoms with E-state index in [1.165, 1.54) is 4.68 Å². The first-order chi connectivity index (χ1) is 5.70. The van der Waals surface area contributed by atoms with E-state index in [0.29, 0.717) is 23.6 Å². The molecular weight excluding hydrogens is 156 g/mol. The van der Waals surface area contributed by atoms with Crippen molar-refractivity contribution in [3.05, 3.63) is 11.3 Å². The molecule has 1 rings (SSSR count). The van der Waals surface area contributed by atoms with Gasteiger partial charge in [0, 0.05) is 0 Å². The number of nitrogens with two attached hydrogens (primary N) is 1. The monoisotopic (exact) mass is 166 g/mol. The number of nitrogens with zero attached hydrogens (tertiary/aromatic N) is 3. The Hall–Kier alpha value is -1.54. The third-order valence-corrected chi connectivity index (χ3v) is 1.59. The number of nitrogen functional groups attached to an aromatic ring is 1. The van der Waals surface area contributed by atoms with Crippen molar-refractivity contribution in [1.82, 2.24) is 9.78 Å². The second-order valence-electron chi connectivity index (χ2n) is 2.40. The molecule has 0 atom stereocenters. The highest BCUT2D eigenvalue weighted by atomic mass is 16.3. The van der Waals surface area contributed by atoms with Gasteiger partial charge in [-0.3, -0.25) is 0 Å². The Balaban J connectivity index is 3.10. The first-order valence-corrected chi connectivity index (χ1v) is 3.54. The van der Waals surface area contributed by atoms with Crippen LogP contribution in [0.15, 0.2) is 0 Å². The molecule has 1 aromatic rings. The number of aryl methyl sites for hydroxylation is 1. The van der Waals surface area contributed by atoms with Crippen molar-refractivity contribution >= 4 is 5.82 Å². The van der Waals surface area contributed by atoms with Crippen LogP contribution < -0.4 is 5.73 Å². The first kappa shape index (κ1) is 8.56. The van der Waals surface area contributed by atoms with Crippen molar-refractivity contribution in [3.63, 3.8) is 0 Å². The van der Waals surface area contributed by atoms with Crippen LogP contribution >= 0.6 is 0 Å². The average molecular weight is 166 g/mol. The van der Waals surface area contributed by atoms with E-state index in [-0.39, 0.29) is 6.61 Å². The van der Waals surface area contributed by atoms with Crippen molar-refractivity contribution in [3.8, 4) is 6.07 Å². The topological polar surface area (TPSA) is 87.9 Å². The van der Waals surface area contributed by atoms with E-state index in [0.717, 1.165) is 0 Å². The number of hydrogen-bond acceptors (Lipinski definition) is 4. The summed E-state index contributed by atoms with van der Waals surface area (Å²) in [7, 11) is 0. The highest BCUT2D eigenvalue weighted by Crippen LogP contribution is 2.13. The molecule has 0 spiro atoms. The number of anilines is 1. The molecule has 0 aliphatic rings. The summed E-state index contributed by atoms with van der Waals surface area (Å²) in [4.78, 5) is 0. The zero-order valence-electron chi connectivity index (χ0n) is 6.78. The minimum absolute atomic E-state index is 0.0316. The van der Waals surface area contributed by atoms with Crippen molar-refractivity contribution in [2.24, 2.45) is 0 Å². The Bertz CT molecular complexity index is 323. The van der Waals surface area contributed by atoms with Gasteiger partial charge in [-0.1, -0.05) is 0 Å². The summed E-state index contributed by atoms with van der Waals surface area (Å²) in [6.45, 7) is 2.01. The van der Waals surface area contributed by atoms with Gasteiger partial charge in [0.2, 0.25) is 0 Å². The highest BCUT2D eigenvalue weighted by molar-refractivity contribution is 5.51. The Morgan fingerprint density at radius 3 is 2.83 bits per heavy atom. The minimum atomic E-state index is -0.0316. The molecule has 0 bridgehead atoms. The second-order valence-corrected chi connectivity index (χ2v) is 2.40. The van der Waals surface area contributed by atoms with Crippen LogP contribution in [0, 0.1) is 18.3 Å². The van der Waals surface area contributed by atoms with E-state index < -0.39 is 0 Å². The number of aliphatic hydroxyl groups excluding tert-OH is 1. The third-order valence-electron chi connectivity index (χ3n) is 1.59. The molecule has 0 saturated carbocycles. The number of aromatic nitrogens is 2. The summed E-state index contributed by atoms with van der Waals surface area (Å²) in [5, 5.41) is 21.2. The van der Waals surface area contributed by atoms with Gasteiger partial charge in [0.05, 0.1) is 18.8 Å². The van der Waals surface area contributed by atoms with Gasteiger partial charge in [-0.2, -0.15) is 10.4 Å². The van der Waals surface area contributed by atoms with Gasteiger partial charge in [-0.15, -0.1) is 0 Å². The Kier molecular flexibility index (Phi) is 2.31. The lowest BCUT2D eigenvalue weighted by atomic mass is 10.3. The van der Waals surface area contributed by atoms with Crippen LogP contribution in [0.25, 0.3) is 0 Å². The number of aliphatic hydroxyl groups is 1. The van der Waals surface area contributed by atoms with Crippen LogP contribution in [-0.2, 0) is 6.54 Å². The Labute approximate surface area is 70.0 Å². The molecule has 0 saturated heterocycles. The Morgan fingerprint density at radius 2 is 2.42 bits per heavy atom. The van der Waals surface area contributed by atoms with E-state index in [9.17, 15) is 0 Å². The van der Waals surface area contributed by atoms with Gasteiger partial charge in [0.15, 0.2) is 0 Å². The fraction of sp³-hybridized carbons (Fsp3) is 0.429. The predicted octanol–water partition coefficient (Wildman–Crippen LogP) is -0.362. The molecule has 0 aromatic carbocycles. The van der Waals surface area contributed by atoms with Gasteiger partial charge in [-0.25, -0.2) is 4.68 Å². The maximum atomic E-state index is 8.63. The van der Waals surface area contributed by atoms with E-state index in [2.05, 4.69) is 5.10 Å². The molecule has 5 nitrogen and oxygen atoms in total. The molecule has 12 heavy (non-hydrogen) atoms. The molecule has 64 valence electrons. The molecule has 1 heterocycles. The quantitative estimate of drug-likeness (QED) is 0.627. The summed E-state index contributed by atoms with van der Waals surface area (Å²) < 4.78 is 1.42. The summed E-state index contributed by atoms with van der Waals surface area (Å²) in [6, 6.07) is 1.95. The molecular formula is C7H10N4O. The van der Waals surface area contributed by atoms with Gasteiger partial charge < -0.3 is 10.8 Å². The molecule has 0 unspecified atom stereocenters. The van der Waals surface area contributed by atoms with Crippen LogP contribution in [0.5, 0.6) is 0 Å². The number of hydrogen-bond donors (Lipinski definition) is 2. The summed E-state index contributed by atoms with van der Waals surface area (Å²) in [5.74, 6) is 0.323. The SMILES string of the molecule is Cc1nn(CCO)c(N)c1C#N. The molecule has 0 amide bonds. The minimum Gasteiger partial charge on any atom is -0.394 e. The molecule has 5 heteroatoms. The number of rotatable bonds is 2. The molecule has 0 radical (unpaired) electrons. The van der Waals surface area contributed by atoms with Crippen LogP contribution in [0.2, 0.25) is 0 Å². The van der Waals surface area contributed by atoms with Crippen molar-refractivity contribution in [2.45, 2.75) is 13.5 Å². The molecule has 1 aromatic heterocycles. The second kappa shape index (κ2) is 3.24. The molecule has 3 N–H and O–H groups in total. The fourth-order valence-corrected chi connectivity index (χ4v) is 1.00. The smallest absolute Gasteiger partial charge is 0.140 e.